The Labute approximate surface area is 129 Å². The van der Waals surface area contributed by atoms with Crippen molar-refractivity contribution >= 4 is 23.2 Å². The molecule has 1 amide bonds. The van der Waals surface area contributed by atoms with E-state index < -0.39 is 5.60 Å². The first kappa shape index (κ1) is 16.0. The van der Waals surface area contributed by atoms with Crippen molar-refractivity contribution in [1.29, 1.82) is 0 Å². The van der Waals surface area contributed by atoms with Gasteiger partial charge in [0.15, 0.2) is 0 Å². The van der Waals surface area contributed by atoms with Gasteiger partial charge in [0.05, 0.1) is 23.0 Å². The fourth-order valence-corrected chi connectivity index (χ4v) is 2.70. The third-order valence-corrected chi connectivity index (χ3v) is 4.47. The topological polar surface area (TPSA) is 88.2 Å². The van der Waals surface area contributed by atoms with Crippen molar-refractivity contribution in [2.24, 2.45) is 5.41 Å². The van der Waals surface area contributed by atoms with Crippen molar-refractivity contribution in [3.05, 3.63) is 23.0 Å². The molecule has 116 valence electrons. The second-order valence-electron chi connectivity index (χ2n) is 6.67. The molecule has 1 aromatic rings. The van der Waals surface area contributed by atoms with Crippen LogP contribution in [-0.2, 0) is 0 Å². The van der Waals surface area contributed by atoms with Crippen LogP contribution in [0, 0.1) is 5.41 Å². The molecule has 6 heteroatoms. The SMILES string of the molecule is CC1(C)CCC(O)(CNC(=O)c2cc(Cl)ncc2N)CC1. The van der Waals surface area contributed by atoms with Crippen LogP contribution >= 0.6 is 11.6 Å². The monoisotopic (exact) mass is 311 g/mol. The lowest BCUT2D eigenvalue weighted by atomic mass is 9.71. The van der Waals surface area contributed by atoms with Gasteiger partial charge < -0.3 is 16.2 Å². The molecular weight excluding hydrogens is 290 g/mol. The average Bonchev–Trinajstić information content (AvgIpc) is 2.43. The van der Waals surface area contributed by atoms with E-state index in [0.29, 0.717) is 12.8 Å². The lowest BCUT2D eigenvalue weighted by Crippen LogP contribution is -2.46. The summed E-state index contributed by atoms with van der Waals surface area (Å²) in [5.74, 6) is -0.338. The maximum Gasteiger partial charge on any atom is 0.253 e. The van der Waals surface area contributed by atoms with Crippen molar-refractivity contribution in [3.63, 3.8) is 0 Å². The number of hydrogen-bond donors (Lipinski definition) is 3. The molecule has 0 aromatic carbocycles. The molecule has 1 heterocycles. The first-order valence-electron chi connectivity index (χ1n) is 7.12. The zero-order valence-electron chi connectivity index (χ0n) is 12.4. The third kappa shape index (κ3) is 4.08. The second kappa shape index (κ2) is 5.81. The molecule has 0 radical (unpaired) electrons. The van der Waals surface area contributed by atoms with Gasteiger partial charge in [0.25, 0.3) is 5.91 Å². The quantitative estimate of drug-likeness (QED) is 0.748. The standard InChI is InChI=1S/C15H22ClN3O2/c1-14(2)3-5-15(21,6-4-14)9-19-13(20)10-7-12(16)18-8-11(10)17/h7-8,21H,3-6,9,17H2,1-2H3,(H,19,20). The van der Waals surface area contributed by atoms with Crippen LogP contribution in [0.3, 0.4) is 0 Å². The predicted octanol–water partition coefficient (Wildman–Crippen LogP) is 2.38. The predicted molar refractivity (Wildman–Crippen MR) is 83.2 cm³/mol. The molecule has 4 N–H and O–H groups in total. The molecule has 5 nitrogen and oxygen atoms in total. The Bertz CT molecular complexity index is 536. The van der Waals surface area contributed by atoms with E-state index in [1.54, 1.807) is 0 Å². The van der Waals surface area contributed by atoms with Crippen molar-refractivity contribution in [2.45, 2.75) is 45.1 Å². The number of nitrogens with one attached hydrogen (secondary N) is 1. The number of halogens is 1. The van der Waals surface area contributed by atoms with E-state index in [0.717, 1.165) is 12.8 Å². The summed E-state index contributed by atoms with van der Waals surface area (Å²) in [6, 6.07) is 1.43. The third-order valence-electron chi connectivity index (χ3n) is 4.26. The molecule has 1 aromatic heterocycles. The maximum atomic E-state index is 12.1. The Morgan fingerprint density at radius 2 is 2.05 bits per heavy atom. The highest BCUT2D eigenvalue weighted by atomic mass is 35.5. The summed E-state index contributed by atoms with van der Waals surface area (Å²) in [6.07, 6.45) is 4.63. The fraction of sp³-hybridized carbons (Fsp3) is 0.600. The Hall–Kier alpha value is -1.33. The van der Waals surface area contributed by atoms with E-state index >= 15 is 0 Å². The number of rotatable bonds is 3. The number of nitrogens with zero attached hydrogens (tertiary/aromatic N) is 1. The number of anilines is 1. The van der Waals surface area contributed by atoms with Gasteiger partial charge in [-0.05, 0) is 37.2 Å². The molecule has 1 aliphatic carbocycles. The van der Waals surface area contributed by atoms with Crippen molar-refractivity contribution in [3.8, 4) is 0 Å². The largest absolute Gasteiger partial charge is 0.397 e. The fourth-order valence-electron chi connectivity index (χ4n) is 2.55. The minimum atomic E-state index is -0.837. The molecule has 0 saturated heterocycles. The summed E-state index contributed by atoms with van der Waals surface area (Å²) in [4.78, 5) is 16.0. The normalized spacial score (nSPS) is 20.0. The number of nitrogen functional groups attached to an aromatic ring is 1. The van der Waals surface area contributed by atoms with Gasteiger partial charge >= 0.3 is 0 Å². The number of pyridine rings is 1. The van der Waals surface area contributed by atoms with Gasteiger partial charge in [-0.1, -0.05) is 25.4 Å². The number of nitrogens with two attached hydrogens (primary N) is 1. The number of carbonyl (C=O) groups is 1. The van der Waals surface area contributed by atoms with Crippen LogP contribution < -0.4 is 11.1 Å². The molecule has 0 bridgehead atoms. The number of carbonyl (C=O) groups excluding carboxylic acids is 1. The minimum absolute atomic E-state index is 0.215. The molecule has 1 aliphatic rings. The summed E-state index contributed by atoms with van der Waals surface area (Å²) in [6.45, 7) is 4.62. The summed E-state index contributed by atoms with van der Waals surface area (Å²) >= 11 is 5.77. The smallest absolute Gasteiger partial charge is 0.253 e. The molecule has 21 heavy (non-hydrogen) atoms. The zero-order chi connectivity index (χ0) is 15.7. The molecule has 1 fully saturated rings. The Kier molecular flexibility index (Phi) is 4.44. The van der Waals surface area contributed by atoms with Crippen LogP contribution in [0.25, 0.3) is 0 Å². The molecule has 0 atom stereocenters. The lowest BCUT2D eigenvalue weighted by molar-refractivity contribution is -0.0233. The first-order chi connectivity index (χ1) is 9.71. The van der Waals surface area contributed by atoms with Gasteiger partial charge in [-0.3, -0.25) is 4.79 Å². The maximum absolute atomic E-state index is 12.1. The summed E-state index contributed by atoms with van der Waals surface area (Å²) < 4.78 is 0. The van der Waals surface area contributed by atoms with Gasteiger partial charge in [-0.25, -0.2) is 4.98 Å². The Morgan fingerprint density at radius 1 is 1.43 bits per heavy atom. The van der Waals surface area contributed by atoms with Crippen LogP contribution in [0.2, 0.25) is 5.15 Å². The molecule has 0 aliphatic heterocycles. The molecule has 2 rings (SSSR count). The zero-order valence-corrected chi connectivity index (χ0v) is 13.2. The summed E-state index contributed by atoms with van der Waals surface area (Å²) in [5, 5.41) is 13.5. The minimum Gasteiger partial charge on any atom is -0.397 e. The number of hydrogen-bond acceptors (Lipinski definition) is 4. The second-order valence-corrected chi connectivity index (χ2v) is 7.05. The molecule has 0 unspecified atom stereocenters. The Balaban J connectivity index is 1.97. The van der Waals surface area contributed by atoms with Gasteiger partial charge in [0, 0.05) is 6.54 Å². The van der Waals surface area contributed by atoms with Gasteiger partial charge in [-0.2, -0.15) is 0 Å². The highest BCUT2D eigenvalue weighted by Gasteiger charge is 2.36. The van der Waals surface area contributed by atoms with E-state index in [1.165, 1.54) is 12.3 Å². The van der Waals surface area contributed by atoms with Crippen molar-refractivity contribution in [1.82, 2.24) is 10.3 Å². The van der Waals surface area contributed by atoms with Crippen LogP contribution in [0.4, 0.5) is 5.69 Å². The van der Waals surface area contributed by atoms with E-state index in [1.807, 2.05) is 0 Å². The van der Waals surface area contributed by atoms with Crippen LogP contribution in [-0.4, -0.2) is 28.1 Å². The van der Waals surface area contributed by atoms with Crippen molar-refractivity contribution < 1.29 is 9.90 Å². The number of amides is 1. The average molecular weight is 312 g/mol. The van der Waals surface area contributed by atoms with Crippen LogP contribution in [0.5, 0.6) is 0 Å². The van der Waals surface area contributed by atoms with Gasteiger partial charge in [0.1, 0.15) is 5.15 Å². The lowest BCUT2D eigenvalue weighted by Gasteiger charge is -2.40. The highest BCUT2D eigenvalue weighted by molar-refractivity contribution is 6.29. The van der Waals surface area contributed by atoms with E-state index in [-0.39, 0.29) is 34.3 Å². The van der Waals surface area contributed by atoms with Crippen LogP contribution in [0.1, 0.15) is 49.9 Å². The summed E-state index contributed by atoms with van der Waals surface area (Å²) in [7, 11) is 0. The van der Waals surface area contributed by atoms with E-state index in [4.69, 9.17) is 17.3 Å². The number of aromatic nitrogens is 1. The molecule has 0 spiro atoms. The van der Waals surface area contributed by atoms with Crippen molar-refractivity contribution in [2.75, 3.05) is 12.3 Å². The van der Waals surface area contributed by atoms with E-state index in [2.05, 4.69) is 24.1 Å². The molecular formula is C15H22ClN3O2. The highest BCUT2D eigenvalue weighted by Crippen LogP contribution is 2.39. The first-order valence-corrected chi connectivity index (χ1v) is 7.50. The summed E-state index contributed by atoms with van der Waals surface area (Å²) in [5.41, 5.74) is 5.71. The van der Waals surface area contributed by atoms with E-state index in [9.17, 15) is 9.90 Å². The van der Waals surface area contributed by atoms with Crippen LogP contribution in [0.15, 0.2) is 12.3 Å². The number of aliphatic hydroxyl groups is 1. The van der Waals surface area contributed by atoms with Gasteiger partial charge in [-0.15, -0.1) is 0 Å². The molecule has 1 saturated carbocycles. The van der Waals surface area contributed by atoms with Gasteiger partial charge in [0.2, 0.25) is 0 Å². The Morgan fingerprint density at radius 3 is 2.67 bits per heavy atom.